The summed E-state index contributed by atoms with van der Waals surface area (Å²) in [5.74, 6) is -1.22. The number of nitrogens with zero attached hydrogens (tertiary/aromatic N) is 1. The third-order valence-corrected chi connectivity index (χ3v) is 4.18. The lowest BCUT2D eigenvalue weighted by atomic mass is 10.1. The molecule has 1 aromatic rings. The van der Waals surface area contributed by atoms with Crippen LogP contribution in [-0.2, 0) is 4.79 Å². The van der Waals surface area contributed by atoms with E-state index in [1.165, 1.54) is 4.90 Å². The van der Waals surface area contributed by atoms with Gasteiger partial charge in [-0.05, 0) is 47.0 Å². The molecular formula is C12H11BrClNO3. The van der Waals surface area contributed by atoms with Crippen LogP contribution in [0.3, 0.4) is 0 Å². The first-order valence-electron chi connectivity index (χ1n) is 5.49. The zero-order chi connectivity index (χ0) is 13.3. The summed E-state index contributed by atoms with van der Waals surface area (Å²) >= 11 is 9.11. The van der Waals surface area contributed by atoms with Crippen molar-refractivity contribution in [1.82, 2.24) is 4.90 Å². The van der Waals surface area contributed by atoms with Gasteiger partial charge >= 0.3 is 5.97 Å². The molecule has 1 aliphatic rings. The van der Waals surface area contributed by atoms with Crippen LogP contribution in [0.5, 0.6) is 0 Å². The van der Waals surface area contributed by atoms with Crippen molar-refractivity contribution in [2.45, 2.75) is 18.9 Å². The third-order valence-electron chi connectivity index (χ3n) is 2.97. The van der Waals surface area contributed by atoms with Crippen molar-refractivity contribution in [1.29, 1.82) is 0 Å². The molecule has 1 atom stereocenters. The van der Waals surface area contributed by atoms with E-state index < -0.39 is 12.0 Å². The van der Waals surface area contributed by atoms with E-state index in [0.717, 1.165) is 6.42 Å². The maximum atomic E-state index is 12.2. The van der Waals surface area contributed by atoms with Crippen LogP contribution in [0.1, 0.15) is 23.2 Å². The lowest BCUT2D eigenvalue weighted by Crippen LogP contribution is -2.40. The van der Waals surface area contributed by atoms with Crippen molar-refractivity contribution in [3.05, 3.63) is 33.3 Å². The normalized spacial score (nSPS) is 19.0. The number of carboxylic acid groups (broad SMARTS) is 1. The van der Waals surface area contributed by atoms with Crippen molar-refractivity contribution in [3.63, 3.8) is 0 Å². The highest BCUT2D eigenvalue weighted by molar-refractivity contribution is 9.10. The maximum Gasteiger partial charge on any atom is 0.326 e. The molecule has 1 amide bonds. The Kier molecular flexibility index (Phi) is 3.92. The fraction of sp³-hybridized carbons (Fsp3) is 0.333. The van der Waals surface area contributed by atoms with Crippen LogP contribution in [0.15, 0.2) is 22.7 Å². The number of carboxylic acids is 1. The van der Waals surface area contributed by atoms with Crippen molar-refractivity contribution < 1.29 is 14.7 Å². The summed E-state index contributed by atoms with van der Waals surface area (Å²) in [6.45, 7) is 0.482. The first-order chi connectivity index (χ1) is 8.50. The fourth-order valence-electron chi connectivity index (χ4n) is 2.06. The molecule has 1 aromatic carbocycles. The Bertz CT molecular complexity index is 506. The molecule has 6 heteroatoms. The van der Waals surface area contributed by atoms with E-state index in [4.69, 9.17) is 16.7 Å². The Balaban J connectivity index is 2.25. The Morgan fingerprint density at radius 3 is 2.78 bits per heavy atom. The Morgan fingerprint density at radius 1 is 1.44 bits per heavy atom. The summed E-state index contributed by atoms with van der Waals surface area (Å²) in [5, 5.41) is 9.57. The minimum atomic E-state index is -0.950. The smallest absolute Gasteiger partial charge is 0.326 e. The molecule has 1 N–H and O–H groups in total. The molecule has 0 bridgehead atoms. The first-order valence-corrected chi connectivity index (χ1v) is 6.66. The summed E-state index contributed by atoms with van der Waals surface area (Å²) in [6, 6.07) is 4.12. The minimum Gasteiger partial charge on any atom is -0.480 e. The molecule has 18 heavy (non-hydrogen) atoms. The third kappa shape index (κ3) is 2.52. The summed E-state index contributed by atoms with van der Waals surface area (Å²) in [6.07, 6.45) is 1.23. The van der Waals surface area contributed by atoms with Gasteiger partial charge < -0.3 is 10.0 Å². The molecule has 0 saturated carbocycles. The van der Waals surface area contributed by atoms with Crippen LogP contribution in [0, 0.1) is 0 Å². The second-order valence-corrected chi connectivity index (χ2v) is 5.39. The van der Waals surface area contributed by atoms with Gasteiger partial charge in [0, 0.05) is 16.6 Å². The van der Waals surface area contributed by atoms with E-state index in [0.29, 0.717) is 28.0 Å². The first kappa shape index (κ1) is 13.4. The fourth-order valence-corrected chi connectivity index (χ4v) is 2.56. The molecule has 0 aromatic heterocycles. The van der Waals surface area contributed by atoms with Gasteiger partial charge in [-0.1, -0.05) is 11.6 Å². The lowest BCUT2D eigenvalue weighted by Gasteiger charge is -2.21. The van der Waals surface area contributed by atoms with Gasteiger partial charge in [0.2, 0.25) is 0 Å². The SMILES string of the molecule is O=C(O)[C@H]1CCCN1C(=O)c1ccc(Cl)c(Br)c1. The molecule has 1 fully saturated rings. The summed E-state index contributed by atoms with van der Waals surface area (Å²) in [5.41, 5.74) is 0.444. The summed E-state index contributed by atoms with van der Waals surface area (Å²) < 4.78 is 0.626. The van der Waals surface area contributed by atoms with E-state index >= 15 is 0 Å². The Labute approximate surface area is 118 Å². The average molecular weight is 333 g/mol. The van der Waals surface area contributed by atoms with Gasteiger partial charge in [0.15, 0.2) is 0 Å². The average Bonchev–Trinajstić information content (AvgIpc) is 2.81. The van der Waals surface area contributed by atoms with Crippen LogP contribution in [-0.4, -0.2) is 34.5 Å². The molecule has 1 heterocycles. The van der Waals surface area contributed by atoms with Crippen LogP contribution in [0.4, 0.5) is 0 Å². The van der Waals surface area contributed by atoms with Crippen LogP contribution in [0.2, 0.25) is 5.02 Å². The van der Waals surface area contributed by atoms with Gasteiger partial charge in [0.25, 0.3) is 5.91 Å². The van der Waals surface area contributed by atoms with Crippen molar-refractivity contribution in [2.75, 3.05) is 6.54 Å². The van der Waals surface area contributed by atoms with Gasteiger partial charge in [-0.3, -0.25) is 4.79 Å². The highest BCUT2D eigenvalue weighted by Crippen LogP contribution is 2.26. The summed E-state index contributed by atoms with van der Waals surface area (Å²) in [7, 11) is 0. The second kappa shape index (κ2) is 5.28. The molecule has 0 radical (unpaired) electrons. The highest BCUT2D eigenvalue weighted by Gasteiger charge is 2.34. The van der Waals surface area contributed by atoms with Gasteiger partial charge in [0.1, 0.15) is 6.04 Å². The molecule has 1 saturated heterocycles. The number of carbonyl (C=O) groups is 2. The lowest BCUT2D eigenvalue weighted by molar-refractivity contribution is -0.141. The molecule has 0 unspecified atom stereocenters. The van der Waals surface area contributed by atoms with Crippen LogP contribution in [0.25, 0.3) is 0 Å². The molecule has 2 rings (SSSR count). The van der Waals surface area contributed by atoms with Crippen molar-refractivity contribution in [3.8, 4) is 0 Å². The van der Waals surface area contributed by atoms with Crippen LogP contribution < -0.4 is 0 Å². The Morgan fingerprint density at radius 2 is 2.17 bits per heavy atom. The highest BCUT2D eigenvalue weighted by atomic mass is 79.9. The quantitative estimate of drug-likeness (QED) is 0.906. The molecule has 96 valence electrons. The van der Waals surface area contributed by atoms with E-state index in [9.17, 15) is 9.59 Å². The van der Waals surface area contributed by atoms with E-state index in [1.807, 2.05) is 0 Å². The number of rotatable bonds is 2. The molecule has 1 aliphatic heterocycles. The number of amides is 1. The monoisotopic (exact) mass is 331 g/mol. The largest absolute Gasteiger partial charge is 0.480 e. The Hall–Kier alpha value is -1.07. The van der Waals surface area contributed by atoms with E-state index in [1.54, 1.807) is 18.2 Å². The number of likely N-dealkylation sites (tertiary alicyclic amines) is 1. The predicted octanol–water partition coefficient (Wildman–Crippen LogP) is 2.79. The topological polar surface area (TPSA) is 57.6 Å². The van der Waals surface area contributed by atoms with Crippen molar-refractivity contribution >= 4 is 39.4 Å². The standard InChI is InChI=1S/C12H11BrClNO3/c13-8-6-7(3-4-9(8)14)11(16)15-5-1-2-10(15)12(17)18/h3-4,6,10H,1-2,5H2,(H,17,18)/t10-/m1/s1. The number of benzene rings is 1. The zero-order valence-corrected chi connectivity index (χ0v) is 11.7. The number of hydrogen-bond donors (Lipinski definition) is 1. The number of halogens is 2. The van der Waals surface area contributed by atoms with Gasteiger partial charge in [-0.15, -0.1) is 0 Å². The van der Waals surface area contributed by atoms with Gasteiger partial charge in [-0.25, -0.2) is 4.79 Å². The number of hydrogen-bond acceptors (Lipinski definition) is 2. The maximum absolute atomic E-state index is 12.2. The predicted molar refractivity (Wildman–Crippen MR) is 70.8 cm³/mol. The van der Waals surface area contributed by atoms with E-state index in [-0.39, 0.29) is 5.91 Å². The molecule has 0 aliphatic carbocycles. The molecule has 0 spiro atoms. The van der Waals surface area contributed by atoms with Crippen molar-refractivity contribution in [2.24, 2.45) is 0 Å². The van der Waals surface area contributed by atoms with Gasteiger partial charge in [0.05, 0.1) is 5.02 Å². The molecule has 4 nitrogen and oxygen atoms in total. The number of carbonyl (C=O) groups excluding carboxylic acids is 1. The number of aliphatic carboxylic acids is 1. The minimum absolute atomic E-state index is 0.266. The summed E-state index contributed by atoms with van der Waals surface area (Å²) in [4.78, 5) is 24.7. The van der Waals surface area contributed by atoms with Gasteiger partial charge in [-0.2, -0.15) is 0 Å². The van der Waals surface area contributed by atoms with Crippen LogP contribution >= 0.6 is 27.5 Å². The zero-order valence-electron chi connectivity index (χ0n) is 9.40. The van der Waals surface area contributed by atoms with E-state index in [2.05, 4.69) is 15.9 Å². The molecular weight excluding hydrogens is 321 g/mol. The second-order valence-electron chi connectivity index (χ2n) is 4.12.